The maximum Gasteiger partial charge on any atom is 0.115 e. The highest BCUT2D eigenvalue weighted by Crippen LogP contribution is 2.18. The fraction of sp³-hybridized carbons (Fsp3) is 1.00. The van der Waals surface area contributed by atoms with Gasteiger partial charge in [0.2, 0.25) is 0 Å². The molecular weight excluding hydrogens is 350 g/mol. The summed E-state index contributed by atoms with van der Waals surface area (Å²) >= 11 is 0. The van der Waals surface area contributed by atoms with Gasteiger partial charge in [-0.05, 0) is 33.9 Å². The van der Waals surface area contributed by atoms with Gasteiger partial charge in [-0.1, -0.05) is 90.4 Å². The maximum atomic E-state index is 10.1. The van der Waals surface area contributed by atoms with Crippen molar-refractivity contribution < 1.29 is 5.11 Å². The minimum absolute atomic E-state index is 0. The zero-order valence-electron chi connectivity index (χ0n) is 16.4. The van der Waals surface area contributed by atoms with E-state index in [0.29, 0.717) is 0 Å². The molecule has 3 heteroatoms. The van der Waals surface area contributed by atoms with E-state index in [9.17, 15) is 5.11 Å². The molecule has 0 rings (SSSR count). The molecule has 0 radical (unpaired) electrons. The van der Waals surface area contributed by atoms with Gasteiger partial charge >= 0.3 is 0 Å². The minimum atomic E-state index is -0.628. The highest BCUT2D eigenvalue weighted by Gasteiger charge is 2.21. The number of nitrogens with zero attached hydrogens (tertiary/aromatic N) is 1. The summed E-state index contributed by atoms with van der Waals surface area (Å²) in [5.74, 6) is 0. The second-order valence-corrected chi connectivity index (χ2v) is 7.46. The summed E-state index contributed by atoms with van der Waals surface area (Å²) in [5.41, 5.74) is -0.628. The average molecular weight is 394 g/mol. The van der Waals surface area contributed by atoms with Crippen molar-refractivity contribution in [1.82, 2.24) is 4.90 Å². The van der Waals surface area contributed by atoms with Crippen LogP contribution in [0.2, 0.25) is 0 Å². The van der Waals surface area contributed by atoms with Crippen LogP contribution in [-0.4, -0.2) is 29.8 Å². The van der Waals surface area contributed by atoms with Crippen LogP contribution in [0.4, 0.5) is 0 Å². The van der Waals surface area contributed by atoms with E-state index in [4.69, 9.17) is 0 Å². The molecule has 0 aromatic carbocycles. The highest BCUT2D eigenvalue weighted by molar-refractivity contribution is 8.93. The number of rotatable bonds is 16. The largest absolute Gasteiger partial charge is 0.376 e. The molecule has 142 valence electrons. The van der Waals surface area contributed by atoms with Gasteiger partial charge in [0, 0.05) is 0 Å². The lowest BCUT2D eigenvalue weighted by Gasteiger charge is -2.30. The van der Waals surface area contributed by atoms with Crippen molar-refractivity contribution in [3.8, 4) is 0 Å². The van der Waals surface area contributed by atoms with Gasteiger partial charge in [0.15, 0.2) is 0 Å². The predicted octanol–water partition coefficient (Wildman–Crippen LogP) is 6.71. The molecule has 0 amide bonds. The van der Waals surface area contributed by atoms with Gasteiger partial charge in [-0.25, -0.2) is 0 Å². The van der Waals surface area contributed by atoms with Crippen molar-refractivity contribution >= 4 is 17.0 Å². The van der Waals surface area contributed by atoms with E-state index in [-0.39, 0.29) is 17.0 Å². The van der Waals surface area contributed by atoms with Gasteiger partial charge < -0.3 is 5.11 Å². The Labute approximate surface area is 157 Å². The number of unbranched alkanes of at least 4 members (excludes halogenated alkanes) is 13. The molecular formula is C20H44BrNO. The Balaban J connectivity index is 0. The van der Waals surface area contributed by atoms with Gasteiger partial charge in [0.1, 0.15) is 5.72 Å². The summed E-state index contributed by atoms with van der Waals surface area (Å²) in [6.45, 7) is 4.19. The first-order chi connectivity index (χ1) is 10.5. The van der Waals surface area contributed by atoms with E-state index in [1.165, 1.54) is 83.5 Å². The molecule has 0 aromatic rings. The lowest BCUT2D eigenvalue weighted by atomic mass is 10.0. The zero-order valence-corrected chi connectivity index (χ0v) is 18.1. The molecule has 0 aliphatic rings. The molecule has 0 spiro atoms. The highest BCUT2D eigenvalue weighted by atomic mass is 79.9. The lowest BCUT2D eigenvalue weighted by Crippen LogP contribution is -2.40. The van der Waals surface area contributed by atoms with Crippen LogP contribution in [0.15, 0.2) is 0 Å². The maximum absolute atomic E-state index is 10.1. The number of hydrogen-bond acceptors (Lipinski definition) is 2. The first kappa shape index (κ1) is 25.6. The molecule has 0 saturated heterocycles. The Morgan fingerprint density at radius 1 is 0.652 bits per heavy atom. The molecule has 1 N–H and O–H groups in total. The summed E-state index contributed by atoms with van der Waals surface area (Å²) in [4.78, 5) is 1.91. The van der Waals surface area contributed by atoms with Crippen LogP contribution in [0.5, 0.6) is 0 Å². The zero-order chi connectivity index (χ0) is 16.7. The van der Waals surface area contributed by atoms with Crippen molar-refractivity contribution in [1.29, 1.82) is 0 Å². The van der Waals surface area contributed by atoms with Gasteiger partial charge in [0.05, 0.1) is 0 Å². The third-order valence-electron chi connectivity index (χ3n) is 4.97. The molecule has 0 bridgehead atoms. The van der Waals surface area contributed by atoms with Crippen molar-refractivity contribution in [2.24, 2.45) is 0 Å². The van der Waals surface area contributed by atoms with Crippen molar-refractivity contribution in [3.63, 3.8) is 0 Å². The molecule has 2 nitrogen and oxygen atoms in total. The van der Waals surface area contributed by atoms with E-state index in [1.54, 1.807) is 0 Å². The van der Waals surface area contributed by atoms with Crippen LogP contribution in [-0.2, 0) is 0 Å². The van der Waals surface area contributed by atoms with E-state index < -0.39 is 5.72 Å². The Morgan fingerprint density at radius 3 is 1.26 bits per heavy atom. The van der Waals surface area contributed by atoms with Crippen molar-refractivity contribution in [2.45, 2.75) is 116 Å². The molecule has 1 atom stereocenters. The van der Waals surface area contributed by atoms with Gasteiger partial charge in [-0.3, -0.25) is 4.90 Å². The third kappa shape index (κ3) is 17.0. The normalized spacial score (nSPS) is 13.8. The summed E-state index contributed by atoms with van der Waals surface area (Å²) in [6.07, 6.45) is 20.3. The number of hydrogen-bond donors (Lipinski definition) is 1. The summed E-state index contributed by atoms with van der Waals surface area (Å²) in [5, 5.41) is 10.1. The molecule has 0 saturated carbocycles. The second-order valence-electron chi connectivity index (χ2n) is 7.46. The van der Waals surface area contributed by atoms with Crippen LogP contribution < -0.4 is 0 Å². The van der Waals surface area contributed by atoms with Gasteiger partial charge in [0.25, 0.3) is 0 Å². The molecule has 0 aliphatic heterocycles. The topological polar surface area (TPSA) is 23.5 Å². The fourth-order valence-electron chi connectivity index (χ4n) is 2.88. The van der Waals surface area contributed by atoms with E-state index in [1.807, 2.05) is 25.9 Å². The fourth-order valence-corrected chi connectivity index (χ4v) is 2.88. The summed E-state index contributed by atoms with van der Waals surface area (Å²) in [6, 6.07) is 0. The van der Waals surface area contributed by atoms with E-state index in [2.05, 4.69) is 6.92 Å². The first-order valence-electron chi connectivity index (χ1n) is 9.90. The number of halogens is 1. The van der Waals surface area contributed by atoms with E-state index in [0.717, 1.165) is 12.8 Å². The SMILES string of the molecule is Br.CCCCCCCCCCCCCCCCC(C)(O)N(C)C. The molecule has 0 fully saturated rings. The second kappa shape index (κ2) is 17.2. The van der Waals surface area contributed by atoms with Gasteiger partial charge in [-0.2, -0.15) is 0 Å². The van der Waals surface area contributed by atoms with Crippen molar-refractivity contribution in [3.05, 3.63) is 0 Å². The molecule has 1 unspecified atom stereocenters. The van der Waals surface area contributed by atoms with Crippen LogP contribution in [0, 0.1) is 0 Å². The summed E-state index contributed by atoms with van der Waals surface area (Å²) in [7, 11) is 3.90. The Hall–Kier alpha value is 0.400. The predicted molar refractivity (Wildman–Crippen MR) is 110 cm³/mol. The standard InChI is InChI=1S/C20H43NO.BrH/c1-5-6-7-8-9-10-11-12-13-14-15-16-17-18-19-20(2,22)21(3)4;/h22H,5-19H2,1-4H3;1H. The van der Waals surface area contributed by atoms with Crippen LogP contribution >= 0.6 is 17.0 Å². The average Bonchev–Trinajstić information content (AvgIpc) is 2.47. The number of aliphatic hydroxyl groups is 1. The molecule has 0 heterocycles. The Kier molecular flexibility index (Phi) is 19.2. The third-order valence-corrected chi connectivity index (χ3v) is 4.97. The Morgan fingerprint density at radius 2 is 0.957 bits per heavy atom. The quantitative estimate of drug-likeness (QED) is 0.232. The smallest absolute Gasteiger partial charge is 0.115 e. The van der Waals surface area contributed by atoms with E-state index >= 15 is 0 Å². The van der Waals surface area contributed by atoms with Crippen LogP contribution in [0.1, 0.15) is 110 Å². The molecule has 0 aliphatic carbocycles. The van der Waals surface area contributed by atoms with Crippen LogP contribution in [0.3, 0.4) is 0 Å². The van der Waals surface area contributed by atoms with Crippen molar-refractivity contribution in [2.75, 3.05) is 14.1 Å². The Bertz CT molecular complexity index is 232. The monoisotopic (exact) mass is 393 g/mol. The summed E-state index contributed by atoms with van der Waals surface area (Å²) < 4.78 is 0. The molecule has 23 heavy (non-hydrogen) atoms. The minimum Gasteiger partial charge on any atom is -0.376 e. The lowest BCUT2D eigenvalue weighted by molar-refractivity contribution is -0.0734. The van der Waals surface area contributed by atoms with Gasteiger partial charge in [-0.15, -0.1) is 17.0 Å². The first-order valence-corrected chi connectivity index (χ1v) is 9.90. The molecule has 0 aromatic heterocycles. The van der Waals surface area contributed by atoms with Crippen LogP contribution in [0.25, 0.3) is 0 Å².